The summed E-state index contributed by atoms with van der Waals surface area (Å²) in [6.45, 7) is 7.04. The van der Waals surface area contributed by atoms with Gasteiger partial charge >= 0.3 is 5.97 Å². The Hall–Kier alpha value is -1.90. The maximum Gasteiger partial charge on any atom is 0.337 e. The molecule has 3 N–H and O–H groups in total. The highest BCUT2D eigenvalue weighted by Crippen LogP contribution is 2.20. The average Bonchev–Trinajstić information content (AvgIpc) is 2.52. The summed E-state index contributed by atoms with van der Waals surface area (Å²) in [5.74, 6) is -1.20. The molecule has 0 aromatic heterocycles. The van der Waals surface area contributed by atoms with Crippen LogP contribution in [0.4, 0.5) is 5.69 Å². The van der Waals surface area contributed by atoms with Gasteiger partial charge in [-0.2, -0.15) is 0 Å². The normalized spacial score (nSPS) is 11.2. The lowest BCUT2D eigenvalue weighted by Gasteiger charge is -2.11. The van der Waals surface area contributed by atoms with E-state index in [1.165, 1.54) is 12.1 Å². The van der Waals surface area contributed by atoms with Crippen LogP contribution < -0.4 is 10.0 Å². The summed E-state index contributed by atoms with van der Waals surface area (Å²) in [7, 11) is -3.76. The highest BCUT2D eigenvalue weighted by Gasteiger charge is 2.18. The number of sulfonamides is 1. The molecule has 1 aromatic carbocycles. The molecular weight excluding hydrogens is 320 g/mol. The summed E-state index contributed by atoms with van der Waals surface area (Å²) in [4.78, 5) is 11.2. The molecule has 1 rings (SSSR count). The van der Waals surface area contributed by atoms with Gasteiger partial charge in [-0.25, -0.2) is 17.9 Å². The number of carboxylic acid groups (broad SMARTS) is 1. The zero-order valence-electron chi connectivity index (χ0n) is 13.0. The molecule has 8 heteroatoms. The van der Waals surface area contributed by atoms with E-state index in [1.54, 1.807) is 6.08 Å². The van der Waals surface area contributed by atoms with Gasteiger partial charge in [0.15, 0.2) is 0 Å². The smallest absolute Gasteiger partial charge is 0.337 e. The van der Waals surface area contributed by atoms with Crippen LogP contribution in [0.25, 0.3) is 0 Å². The molecule has 0 bridgehead atoms. The Labute approximate surface area is 136 Å². The molecule has 128 valence electrons. The molecule has 0 fully saturated rings. The van der Waals surface area contributed by atoms with Gasteiger partial charge in [-0.3, -0.25) is 0 Å². The third-order valence-electron chi connectivity index (χ3n) is 2.93. The van der Waals surface area contributed by atoms with Gasteiger partial charge in [-0.15, -0.1) is 6.58 Å². The Bertz CT molecular complexity index is 643. The predicted molar refractivity (Wildman–Crippen MR) is 88.4 cm³/mol. The second kappa shape index (κ2) is 9.29. The minimum atomic E-state index is -3.76. The standard InChI is InChI=1S/C15H22N2O5S/c1-3-8-16-14-7-6-12(11-13(14)15(18)19)23(20,21)17-9-5-10-22-4-2/h3,6-7,11,16-17H,1,4-5,8-10H2,2H3,(H,18,19). The van der Waals surface area contributed by atoms with E-state index >= 15 is 0 Å². The Morgan fingerprint density at radius 1 is 1.43 bits per heavy atom. The third-order valence-corrected chi connectivity index (χ3v) is 4.39. The maximum atomic E-state index is 12.2. The van der Waals surface area contributed by atoms with Gasteiger partial charge in [0.25, 0.3) is 0 Å². The summed E-state index contributed by atoms with van der Waals surface area (Å²) in [6, 6.07) is 3.93. The van der Waals surface area contributed by atoms with Gasteiger partial charge < -0.3 is 15.2 Å². The molecule has 0 radical (unpaired) electrons. The molecule has 0 heterocycles. The molecule has 0 atom stereocenters. The second-order valence-electron chi connectivity index (χ2n) is 4.63. The molecule has 23 heavy (non-hydrogen) atoms. The first kappa shape index (κ1) is 19.1. The van der Waals surface area contributed by atoms with Gasteiger partial charge in [0.05, 0.1) is 10.5 Å². The van der Waals surface area contributed by atoms with Crippen LogP contribution in [0, 0.1) is 0 Å². The van der Waals surface area contributed by atoms with E-state index in [-0.39, 0.29) is 17.0 Å². The number of carboxylic acids is 1. The second-order valence-corrected chi connectivity index (χ2v) is 6.40. The van der Waals surface area contributed by atoms with Crippen molar-refractivity contribution in [2.75, 3.05) is 31.6 Å². The van der Waals surface area contributed by atoms with Crippen LogP contribution in [0.1, 0.15) is 23.7 Å². The molecule has 0 spiro atoms. The first-order valence-corrected chi connectivity index (χ1v) is 8.70. The lowest BCUT2D eigenvalue weighted by atomic mass is 10.2. The van der Waals surface area contributed by atoms with Crippen LogP contribution in [0.2, 0.25) is 0 Å². The Balaban J connectivity index is 2.87. The number of rotatable bonds is 11. The number of anilines is 1. The number of hydrogen-bond acceptors (Lipinski definition) is 5. The van der Waals surface area contributed by atoms with Crippen molar-refractivity contribution in [1.29, 1.82) is 0 Å². The molecule has 0 aliphatic heterocycles. The number of ether oxygens (including phenoxy) is 1. The van der Waals surface area contributed by atoms with Crippen molar-refractivity contribution < 1.29 is 23.1 Å². The largest absolute Gasteiger partial charge is 0.478 e. The molecule has 0 saturated carbocycles. The average molecular weight is 342 g/mol. The lowest BCUT2D eigenvalue weighted by Crippen LogP contribution is -2.26. The van der Waals surface area contributed by atoms with Crippen molar-refractivity contribution in [2.24, 2.45) is 0 Å². The summed E-state index contributed by atoms with van der Waals surface area (Å²) in [5.41, 5.74) is 0.233. The number of benzene rings is 1. The van der Waals surface area contributed by atoms with Crippen molar-refractivity contribution >= 4 is 21.7 Å². The quantitative estimate of drug-likeness (QED) is 0.417. The van der Waals surface area contributed by atoms with Gasteiger partial charge in [0.2, 0.25) is 10.0 Å². The van der Waals surface area contributed by atoms with E-state index in [0.29, 0.717) is 31.9 Å². The number of carbonyl (C=O) groups is 1. The molecule has 0 amide bonds. The third kappa shape index (κ3) is 6.01. The van der Waals surface area contributed by atoms with Crippen LogP contribution in [-0.2, 0) is 14.8 Å². The minimum Gasteiger partial charge on any atom is -0.478 e. The fourth-order valence-corrected chi connectivity index (χ4v) is 2.91. The molecule has 7 nitrogen and oxygen atoms in total. The molecule has 0 aliphatic rings. The topological polar surface area (TPSA) is 105 Å². The number of hydrogen-bond donors (Lipinski definition) is 3. The SMILES string of the molecule is C=CCNc1ccc(S(=O)(=O)NCCCOCC)cc1C(=O)O. The molecule has 1 aromatic rings. The Morgan fingerprint density at radius 2 is 2.17 bits per heavy atom. The first-order valence-electron chi connectivity index (χ1n) is 7.22. The number of nitrogens with one attached hydrogen (secondary N) is 2. The van der Waals surface area contributed by atoms with Gasteiger partial charge in [-0.05, 0) is 31.5 Å². The van der Waals surface area contributed by atoms with E-state index < -0.39 is 16.0 Å². The highest BCUT2D eigenvalue weighted by molar-refractivity contribution is 7.89. The van der Waals surface area contributed by atoms with Crippen LogP contribution in [0.5, 0.6) is 0 Å². The fraction of sp³-hybridized carbons (Fsp3) is 0.400. The molecule has 0 aliphatic carbocycles. The highest BCUT2D eigenvalue weighted by atomic mass is 32.2. The number of aromatic carboxylic acids is 1. The summed E-state index contributed by atoms with van der Waals surface area (Å²) < 4.78 is 31.9. The first-order chi connectivity index (χ1) is 10.9. The summed E-state index contributed by atoms with van der Waals surface area (Å²) in [6.07, 6.45) is 2.12. The van der Waals surface area contributed by atoms with Crippen molar-refractivity contribution in [3.63, 3.8) is 0 Å². The van der Waals surface area contributed by atoms with E-state index in [4.69, 9.17) is 4.74 Å². The van der Waals surface area contributed by atoms with Crippen molar-refractivity contribution in [2.45, 2.75) is 18.2 Å². The Kier molecular flexibility index (Phi) is 7.73. The zero-order chi connectivity index (χ0) is 17.3. The van der Waals surface area contributed by atoms with Crippen molar-refractivity contribution in [3.8, 4) is 0 Å². The van der Waals surface area contributed by atoms with Crippen LogP contribution >= 0.6 is 0 Å². The molecular formula is C15H22N2O5S. The zero-order valence-corrected chi connectivity index (χ0v) is 13.9. The van der Waals surface area contributed by atoms with Gasteiger partial charge in [0.1, 0.15) is 0 Å². The van der Waals surface area contributed by atoms with Crippen LogP contribution in [-0.4, -0.2) is 45.8 Å². The summed E-state index contributed by atoms with van der Waals surface area (Å²) >= 11 is 0. The molecule has 0 unspecified atom stereocenters. The van der Waals surface area contributed by atoms with Gasteiger partial charge in [0, 0.05) is 32.0 Å². The molecule has 0 saturated heterocycles. The predicted octanol–water partition coefficient (Wildman–Crippen LogP) is 1.69. The van der Waals surface area contributed by atoms with Crippen LogP contribution in [0.15, 0.2) is 35.7 Å². The van der Waals surface area contributed by atoms with Crippen LogP contribution in [0.3, 0.4) is 0 Å². The van der Waals surface area contributed by atoms with E-state index in [9.17, 15) is 18.3 Å². The summed E-state index contributed by atoms with van der Waals surface area (Å²) in [5, 5.41) is 12.1. The van der Waals surface area contributed by atoms with E-state index in [1.807, 2.05) is 6.92 Å². The maximum absolute atomic E-state index is 12.2. The van der Waals surface area contributed by atoms with Crippen molar-refractivity contribution in [3.05, 3.63) is 36.4 Å². The van der Waals surface area contributed by atoms with E-state index in [0.717, 1.165) is 6.07 Å². The Morgan fingerprint density at radius 3 is 2.78 bits per heavy atom. The minimum absolute atomic E-state index is 0.0875. The fourth-order valence-electron chi connectivity index (χ4n) is 1.81. The monoisotopic (exact) mass is 342 g/mol. The van der Waals surface area contributed by atoms with E-state index in [2.05, 4.69) is 16.6 Å². The van der Waals surface area contributed by atoms with Gasteiger partial charge in [-0.1, -0.05) is 6.08 Å². The lowest BCUT2D eigenvalue weighted by molar-refractivity contribution is 0.0697. The van der Waals surface area contributed by atoms with Crippen molar-refractivity contribution in [1.82, 2.24) is 4.72 Å².